The molecular formula is C14H19BrClNO2S. The Morgan fingerprint density at radius 1 is 1.35 bits per heavy atom. The second kappa shape index (κ2) is 6.77. The number of halogens is 2. The molecule has 1 aromatic carbocycles. The van der Waals surface area contributed by atoms with Crippen LogP contribution in [-0.4, -0.2) is 25.3 Å². The number of sulfonamides is 1. The first kappa shape index (κ1) is 16.3. The van der Waals surface area contributed by atoms with E-state index < -0.39 is 10.0 Å². The van der Waals surface area contributed by atoms with E-state index in [0.717, 1.165) is 31.2 Å². The van der Waals surface area contributed by atoms with Gasteiger partial charge in [-0.25, -0.2) is 8.42 Å². The first-order valence-corrected chi connectivity index (χ1v) is 9.60. The molecule has 112 valence electrons. The summed E-state index contributed by atoms with van der Waals surface area (Å²) >= 11 is 9.14. The third kappa shape index (κ3) is 3.38. The van der Waals surface area contributed by atoms with E-state index in [1.54, 1.807) is 22.5 Å². The Kier molecular flexibility index (Phi) is 5.51. The lowest BCUT2D eigenvalue weighted by molar-refractivity contribution is 0.342. The second-order valence-electron chi connectivity index (χ2n) is 5.21. The molecule has 1 aliphatic rings. The predicted molar refractivity (Wildman–Crippen MR) is 85.5 cm³/mol. The van der Waals surface area contributed by atoms with Crippen LogP contribution < -0.4 is 0 Å². The highest BCUT2D eigenvalue weighted by Crippen LogP contribution is 2.30. The van der Waals surface area contributed by atoms with Gasteiger partial charge >= 0.3 is 0 Å². The van der Waals surface area contributed by atoms with Crippen LogP contribution in [0.5, 0.6) is 0 Å². The molecule has 1 saturated heterocycles. The molecule has 1 fully saturated rings. The minimum Gasteiger partial charge on any atom is -0.207 e. The molecule has 1 heterocycles. The van der Waals surface area contributed by atoms with E-state index in [9.17, 15) is 8.42 Å². The van der Waals surface area contributed by atoms with Crippen molar-refractivity contribution in [3.05, 3.63) is 28.2 Å². The van der Waals surface area contributed by atoms with Crippen LogP contribution in [0.4, 0.5) is 0 Å². The average molecular weight is 381 g/mol. The molecule has 20 heavy (non-hydrogen) atoms. The van der Waals surface area contributed by atoms with E-state index in [4.69, 9.17) is 11.6 Å². The van der Waals surface area contributed by atoms with Crippen molar-refractivity contribution in [1.29, 1.82) is 0 Å². The Labute approximate surface area is 134 Å². The Morgan fingerprint density at radius 3 is 2.75 bits per heavy atom. The molecule has 3 nitrogen and oxygen atoms in total. The third-order valence-electron chi connectivity index (χ3n) is 3.73. The lowest BCUT2D eigenvalue weighted by atomic mass is 10.1. The van der Waals surface area contributed by atoms with Gasteiger partial charge in [0.15, 0.2) is 0 Å². The van der Waals surface area contributed by atoms with Crippen molar-refractivity contribution >= 4 is 37.6 Å². The van der Waals surface area contributed by atoms with Crippen molar-refractivity contribution in [2.75, 3.05) is 6.54 Å². The molecule has 6 heteroatoms. The van der Waals surface area contributed by atoms with E-state index in [1.807, 2.05) is 6.92 Å². The van der Waals surface area contributed by atoms with Gasteiger partial charge in [0.25, 0.3) is 0 Å². The Hall–Kier alpha value is -0.100. The van der Waals surface area contributed by atoms with Crippen molar-refractivity contribution in [3.8, 4) is 0 Å². The van der Waals surface area contributed by atoms with Gasteiger partial charge in [0.05, 0.1) is 4.90 Å². The minimum atomic E-state index is -3.45. The summed E-state index contributed by atoms with van der Waals surface area (Å²) in [4.78, 5) is 0.333. The Morgan fingerprint density at radius 2 is 2.10 bits per heavy atom. The molecule has 0 radical (unpaired) electrons. The zero-order valence-corrected chi connectivity index (χ0v) is 14.6. The average Bonchev–Trinajstić information content (AvgIpc) is 2.63. The van der Waals surface area contributed by atoms with E-state index in [1.165, 1.54) is 0 Å². The van der Waals surface area contributed by atoms with Gasteiger partial charge in [0.1, 0.15) is 0 Å². The topological polar surface area (TPSA) is 37.4 Å². The van der Waals surface area contributed by atoms with Crippen LogP contribution in [0, 0.1) is 0 Å². The Bertz CT molecular complexity index is 577. The quantitative estimate of drug-likeness (QED) is 0.739. The van der Waals surface area contributed by atoms with E-state index in [2.05, 4.69) is 15.9 Å². The summed E-state index contributed by atoms with van der Waals surface area (Å²) in [6.45, 7) is 2.59. The van der Waals surface area contributed by atoms with Gasteiger partial charge < -0.3 is 0 Å². The molecule has 1 aromatic rings. The maximum absolute atomic E-state index is 12.8. The Balaban J connectivity index is 2.38. The molecule has 0 aromatic heterocycles. The zero-order valence-electron chi connectivity index (χ0n) is 11.5. The number of alkyl halides is 1. The van der Waals surface area contributed by atoms with Crippen molar-refractivity contribution in [3.63, 3.8) is 0 Å². The van der Waals surface area contributed by atoms with Crippen LogP contribution in [0.2, 0.25) is 0 Å². The van der Waals surface area contributed by atoms with Gasteiger partial charge in [-0.15, -0.1) is 11.6 Å². The summed E-state index contributed by atoms with van der Waals surface area (Å²) in [7, 11) is -3.45. The second-order valence-corrected chi connectivity index (χ2v) is 8.19. The van der Waals surface area contributed by atoms with Gasteiger partial charge in [-0.2, -0.15) is 4.31 Å². The predicted octanol–water partition coefficient (Wildman–Crippen LogP) is 4.14. The lowest BCUT2D eigenvalue weighted by Crippen LogP contribution is -2.38. The van der Waals surface area contributed by atoms with Gasteiger partial charge in [-0.3, -0.25) is 0 Å². The smallest absolute Gasteiger partial charge is 0.207 e. The molecule has 1 aliphatic heterocycles. The normalized spacial score (nSPS) is 21.6. The fraction of sp³-hybridized carbons (Fsp3) is 0.571. The first-order valence-electron chi connectivity index (χ1n) is 6.83. The molecular weight excluding hydrogens is 362 g/mol. The SMILES string of the molecule is CC1CCCCCN1S(=O)(=O)c1ccc(CCl)cc1Br. The van der Waals surface area contributed by atoms with E-state index in [-0.39, 0.29) is 6.04 Å². The van der Waals surface area contributed by atoms with Crippen molar-refractivity contribution in [2.24, 2.45) is 0 Å². The maximum Gasteiger partial charge on any atom is 0.244 e. The van der Waals surface area contributed by atoms with Gasteiger partial charge in [-0.1, -0.05) is 18.9 Å². The number of hydrogen-bond donors (Lipinski definition) is 0. The fourth-order valence-corrected chi connectivity index (χ4v) is 5.52. The molecule has 0 aliphatic carbocycles. The third-order valence-corrected chi connectivity index (χ3v) is 7.03. The summed E-state index contributed by atoms with van der Waals surface area (Å²) in [5.74, 6) is 0.374. The molecule has 0 saturated carbocycles. The maximum atomic E-state index is 12.8. The molecule has 0 bridgehead atoms. The highest BCUT2D eigenvalue weighted by Gasteiger charge is 2.31. The number of hydrogen-bond acceptors (Lipinski definition) is 2. The van der Waals surface area contributed by atoms with Crippen LogP contribution in [0.1, 0.15) is 38.2 Å². The summed E-state index contributed by atoms with van der Waals surface area (Å²) in [6, 6.07) is 5.26. The zero-order chi connectivity index (χ0) is 14.8. The van der Waals surface area contributed by atoms with Gasteiger partial charge in [-0.05, 0) is 53.4 Å². The highest BCUT2D eigenvalue weighted by molar-refractivity contribution is 9.10. The van der Waals surface area contributed by atoms with Crippen LogP contribution in [0.25, 0.3) is 0 Å². The number of nitrogens with zero attached hydrogens (tertiary/aromatic N) is 1. The molecule has 0 amide bonds. The number of benzene rings is 1. The summed E-state index contributed by atoms with van der Waals surface area (Å²) in [5.41, 5.74) is 0.904. The van der Waals surface area contributed by atoms with E-state index in [0.29, 0.717) is 21.8 Å². The number of rotatable bonds is 3. The van der Waals surface area contributed by atoms with Crippen molar-refractivity contribution < 1.29 is 8.42 Å². The minimum absolute atomic E-state index is 0.0575. The molecule has 1 unspecified atom stereocenters. The van der Waals surface area contributed by atoms with Crippen LogP contribution >= 0.6 is 27.5 Å². The highest BCUT2D eigenvalue weighted by atomic mass is 79.9. The van der Waals surface area contributed by atoms with Crippen LogP contribution in [0.3, 0.4) is 0 Å². The fourth-order valence-electron chi connectivity index (χ4n) is 2.57. The van der Waals surface area contributed by atoms with Gasteiger partial charge in [0.2, 0.25) is 10.0 Å². The van der Waals surface area contributed by atoms with Crippen molar-refractivity contribution in [2.45, 2.75) is 49.4 Å². The molecule has 0 N–H and O–H groups in total. The summed E-state index contributed by atoms with van der Waals surface area (Å²) in [6.07, 6.45) is 4.06. The molecule has 1 atom stereocenters. The van der Waals surface area contributed by atoms with Gasteiger partial charge in [0, 0.05) is 22.9 Å². The van der Waals surface area contributed by atoms with Crippen LogP contribution in [-0.2, 0) is 15.9 Å². The van der Waals surface area contributed by atoms with Crippen LogP contribution in [0.15, 0.2) is 27.6 Å². The van der Waals surface area contributed by atoms with Crippen molar-refractivity contribution in [1.82, 2.24) is 4.31 Å². The lowest BCUT2D eigenvalue weighted by Gasteiger charge is -2.26. The summed E-state index contributed by atoms with van der Waals surface area (Å²) < 4.78 is 27.9. The van der Waals surface area contributed by atoms with E-state index >= 15 is 0 Å². The molecule has 2 rings (SSSR count). The standard InChI is InChI=1S/C14H19BrClNO2S/c1-11-5-3-2-4-8-17(11)20(18,19)14-7-6-12(10-16)9-13(14)15/h6-7,9,11H,2-5,8,10H2,1H3. The monoisotopic (exact) mass is 379 g/mol. The first-order chi connectivity index (χ1) is 9.46. The summed E-state index contributed by atoms with van der Waals surface area (Å²) in [5, 5.41) is 0. The largest absolute Gasteiger partial charge is 0.244 e. The molecule has 0 spiro atoms.